The number of hydrogen-bond donors (Lipinski definition) is 0. The van der Waals surface area contributed by atoms with Gasteiger partial charge in [-0.3, -0.25) is 9.69 Å². The molecule has 1 saturated heterocycles. The summed E-state index contributed by atoms with van der Waals surface area (Å²) in [6.07, 6.45) is 3.84. The number of carbonyl (C=O) groups is 1. The summed E-state index contributed by atoms with van der Waals surface area (Å²) >= 11 is 5.13. The molecule has 0 N–H and O–H groups in total. The fourth-order valence-electron chi connectivity index (χ4n) is 3.09. The van der Waals surface area contributed by atoms with Crippen LogP contribution in [0.15, 0.2) is 63.6 Å². The molecule has 3 aromatic rings. The molecule has 1 fully saturated rings. The number of aromatic nitrogens is 1. The number of amides is 1. The number of thioether (sulfide) groups is 1. The van der Waals surface area contributed by atoms with Gasteiger partial charge >= 0.3 is 0 Å². The van der Waals surface area contributed by atoms with Crippen LogP contribution in [0.5, 0.6) is 0 Å². The third-order valence-electron chi connectivity index (χ3n) is 4.33. The highest BCUT2D eigenvalue weighted by molar-refractivity contribution is 9.10. The van der Waals surface area contributed by atoms with Crippen molar-refractivity contribution in [2.24, 2.45) is 0 Å². The molecule has 0 spiro atoms. The van der Waals surface area contributed by atoms with Crippen LogP contribution in [0.25, 0.3) is 12.2 Å². The average Bonchev–Trinajstić information content (AvgIpc) is 3.23. The zero-order valence-electron chi connectivity index (χ0n) is 14.6. The van der Waals surface area contributed by atoms with E-state index in [0.717, 1.165) is 21.3 Å². The second kappa shape index (κ2) is 7.74. The Morgan fingerprint density at radius 3 is 2.78 bits per heavy atom. The number of hydrogen-bond acceptors (Lipinski definition) is 4. The molecule has 1 amide bonds. The van der Waals surface area contributed by atoms with E-state index in [1.54, 1.807) is 11.8 Å². The summed E-state index contributed by atoms with van der Waals surface area (Å²) in [4.78, 5) is 14.5. The lowest BCUT2D eigenvalue weighted by Gasteiger charge is -2.24. The van der Waals surface area contributed by atoms with Gasteiger partial charge in [-0.1, -0.05) is 69.6 Å². The first-order chi connectivity index (χ1) is 13.1. The molecule has 4 rings (SSSR count). The number of halogens is 1. The Labute approximate surface area is 170 Å². The van der Waals surface area contributed by atoms with Crippen LogP contribution < -0.4 is 4.90 Å². The first-order valence-electron chi connectivity index (χ1n) is 8.52. The fourth-order valence-corrected chi connectivity index (χ4v) is 4.66. The normalized spacial score (nSPS) is 17.2. The van der Waals surface area contributed by atoms with Crippen molar-refractivity contribution in [3.63, 3.8) is 0 Å². The minimum absolute atomic E-state index is 0.0608. The maximum Gasteiger partial charge on any atom is 0.238 e. The first-order valence-corrected chi connectivity index (χ1v) is 10.4. The molecule has 2 heterocycles. The van der Waals surface area contributed by atoms with Crippen LogP contribution in [0.4, 0.5) is 5.69 Å². The summed E-state index contributed by atoms with van der Waals surface area (Å²) in [5.74, 6) is 1.08. The quantitative estimate of drug-likeness (QED) is 0.522. The van der Waals surface area contributed by atoms with Crippen molar-refractivity contribution < 1.29 is 9.32 Å². The first kappa shape index (κ1) is 18.1. The van der Waals surface area contributed by atoms with E-state index in [0.29, 0.717) is 17.2 Å². The van der Waals surface area contributed by atoms with Gasteiger partial charge in [0.05, 0.1) is 5.75 Å². The largest absolute Gasteiger partial charge is 0.354 e. The number of aryl methyl sites for hydroxylation is 1. The van der Waals surface area contributed by atoms with Crippen molar-refractivity contribution in [1.82, 2.24) is 5.16 Å². The lowest BCUT2D eigenvalue weighted by atomic mass is 10.1. The smallest absolute Gasteiger partial charge is 0.238 e. The van der Waals surface area contributed by atoms with E-state index in [1.165, 1.54) is 0 Å². The van der Waals surface area contributed by atoms with Gasteiger partial charge in [0, 0.05) is 4.47 Å². The van der Waals surface area contributed by atoms with Gasteiger partial charge in [-0.25, -0.2) is 0 Å². The van der Waals surface area contributed by atoms with Crippen molar-refractivity contribution >= 4 is 51.4 Å². The topological polar surface area (TPSA) is 46.3 Å². The van der Waals surface area contributed by atoms with Crippen LogP contribution in [-0.4, -0.2) is 16.8 Å². The molecule has 0 bridgehead atoms. The summed E-state index contributed by atoms with van der Waals surface area (Å²) in [7, 11) is 0. The third-order valence-corrected chi connectivity index (χ3v) is 6.03. The Bertz CT molecular complexity index is 1000. The van der Waals surface area contributed by atoms with Gasteiger partial charge in [0.1, 0.15) is 16.8 Å². The minimum atomic E-state index is -0.100. The second-order valence-electron chi connectivity index (χ2n) is 6.21. The fraction of sp³-hybridized carbons (Fsp3) is 0.143. The van der Waals surface area contributed by atoms with Gasteiger partial charge in [-0.15, -0.1) is 11.8 Å². The maximum atomic E-state index is 12.7. The number of benzene rings is 2. The highest BCUT2D eigenvalue weighted by atomic mass is 79.9. The van der Waals surface area contributed by atoms with Crippen LogP contribution >= 0.6 is 27.7 Å². The molecule has 1 aromatic heterocycles. The molecular weight excluding hydrogens is 424 g/mol. The minimum Gasteiger partial charge on any atom is -0.354 e. The van der Waals surface area contributed by atoms with Crippen molar-refractivity contribution in [3.8, 4) is 0 Å². The predicted molar refractivity (Wildman–Crippen MR) is 113 cm³/mol. The zero-order chi connectivity index (χ0) is 18.8. The van der Waals surface area contributed by atoms with Crippen LogP contribution in [0.2, 0.25) is 0 Å². The highest BCUT2D eigenvalue weighted by Crippen LogP contribution is 2.44. The van der Waals surface area contributed by atoms with E-state index >= 15 is 0 Å². The summed E-state index contributed by atoms with van der Waals surface area (Å²) in [5.41, 5.74) is 3.57. The van der Waals surface area contributed by atoms with Crippen molar-refractivity contribution in [3.05, 3.63) is 81.7 Å². The van der Waals surface area contributed by atoms with Crippen molar-refractivity contribution in [1.29, 1.82) is 0 Å². The molecule has 0 radical (unpaired) electrons. The van der Waals surface area contributed by atoms with Gasteiger partial charge in [-0.2, -0.15) is 0 Å². The summed E-state index contributed by atoms with van der Waals surface area (Å²) in [6, 6.07) is 18.0. The van der Waals surface area contributed by atoms with Crippen LogP contribution in [0.3, 0.4) is 0 Å². The zero-order valence-corrected chi connectivity index (χ0v) is 17.0. The molecule has 1 atom stereocenters. The van der Waals surface area contributed by atoms with Crippen LogP contribution in [0, 0.1) is 6.92 Å². The van der Waals surface area contributed by atoms with Crippen molar-refractivity contribution in [2.45, 2.75) is 12.3 Å². The molecule has 0 saturated carbocycles. The molecule has 4 nitrogen and oxygen atoms in total. The lowest BCUT2D eigenvalue weighted by Crippen LogP contribution is -2.28. The number of carbonyl (C=O) groups excluding carboxylic acids is 1. The highest BCUT2D eigenvalue weighted by Gasteiger charge is 2.37. The van der Waals surface area contributed by atoms with Crippen LogP contribution in [-0.2, 0) is 4.79 Å². The summed E-state index contributed by atoms with van der Waals surface area (Å²) in [5, 5.41) is 4.01. The number of nitrogens with zero attached hydrogens (tertiary/aromatic N) is 2. The van der Waals surface area contributed by atoms with Crippen LogP contribution in [0.1, 0.15) is 28.0 Å². The Hall–Kier alpha value is -2.31. The Morgan fingerprint density at radius 2 is 2.00 bits per heavy atom. The third kappa shape index (κ3) is 3.73. The lowest BCUT2D eigenvalue weighted by molar-refractivity contribution is -0.115. The molecule has 1 unspecified atom stereocenters. The van der Waals surface area contributed by atoms with E-state index in [2.05, 4.69) is 21.1 Å². The Kier molecular flexibility index (Phi) is 5.18. The monoisotopic (exact) mass is 440 g/mol. The molecule has 6 heteroatoms. The average molecular weight is 441 g/mol. The van der Waals surface area contributed by atoms with E-state index < -0.39 is 0 Å². The van der Waals surface area contributed by atoms with E-state index in [1.807, 2.05) is 78.6 Å². The van der Waals surface area contributed by atoms with E-state index in [9.17, 15) is 4.79 Å². The Morgan fingerprint density at radius 1 is 1.19 bits per heavy atom. The van der Waals surface area contributed by atoms with Crippen molar-refractivity contribution in [2.75, 3.05) is 10.7 Å². The molecule has 0 aliphatic carbocycles. The molecule has 27 heavy (non-hydrogen) atoms. The van der Waals surface area contributed by atoms with Gasteiger partial charge in [0.15, 0.2) is 5.76 Å². The molecule has 2 aromatic carbocycles. The van der Waals surface area contributed by atoms with E-state index in [4.69, 9.17) is 4.52 Å². The maximum absolute atomic E-state index is 12.7. The second-order valence-corrected chi connectivity index (χ2v) is 8.19. The van der Waals surface area contributed by atoms with Gasteiger partial charge in [0.25, 0.3) is 0 Å². The van der Waals surface area contributed by atoms with Gasteiger partial charge in [0.2, 0.25) is 5.91 Å². The van der Waals surface area contributed by atoms with Gasteiger partial charge < -0.3 is 4.52 Å². The number of rotatable bonds is 4. The standard InChI is InChI=1S/C21H17BrN2O2S/c1-14-20(18(26-23-14)11-10-15-6-3-2-4-7-15)24-19(25)13-27-21(24)16-8-5-9-17(22)12-16/h2-12,21H,13H2,1H3/b11-10+. The predicted octanol–water partition coefficient (Wildman–Crippen LogP) is 5.69. The summed E-state index contributed by atoms with van der Waals surface area (Å²) < 4.78 is 6.53. The molecule has 1 aliphatic heterocycles. The van der Waals surface area contributed by atoms with Gasteiger partial charge in [-0.05, 0) is 36.3 Å². The SMILES string of the molecule is Cc1noc(/C=C/c2ccccc2)c1N1C(=O)CSC1c1cccc(Br)c1. The molecular formula is C21H17BrN2O2S. The van der Waals surface area contributed by atoms with E-state index in [-0.39, 0.29) is 11.3 Å². The summed E-state index contributed by atoms with van der Waals surface area (Å²) in [6.45, 7) is 1.87. The number of anilines is 1. The molecule has 136 valence electrons. The molecule has 1 aliphatic rings. The Balaban J connectivity index is 1.72.